The highest BCUT2D eigenvalue weighted by Gasteiger charge is 2.18. The van der Waals surface area contributed by atoms with Gasteiger partial charge in [0, 0.05) is 13.5 Å². The summed E-state index contributed by atoms with van der Waals surface area (Å²) < 4.78 is 8.25. The lowest BCUT2D eigenvalue weighted by Gasteiger charge is -2.16. The Balaban J connectivity index is 1.94. The van der Waals surface area contributed by atoms with E-state index in [0.29, 0.717) is 6.61 Å². The van der Waals surface area contributed by atoms with Crippen LogP contribution in [-0.4, -0.2) is 28.6 Å². The molecule has 0 aliphatic rings. The highest BCUT2D eigenvalue weighted by atomic mass is 79.9. The SMILES string of the molecule is CNC(CCOc1ccccc1)c1c(Br)nnn1C. The summed E-state index contributed by atoms with van der Waals surface area (Å²) in [5.41, 5.74) is 1.03. The van der Waals surface area contributed by atoms with Crippen LogP contribution in [0, 0.1) is 0 Å². The molecule has 0 aliphatic heterocycles. The molecular formula is C13H17BrN4O. The normalized spacial score (nSPS) is 12.4. The van der Waals surface area contributed by atoms with E-state index in [1.54, 1.807) is 4.68 Å². The number of nitrogens with one attached hydrogen (secondary N) is 1. The Hall–Kier alpha value is -1.40. The predicted octanol–water partition coefficient (Wildman–Crippen LogP) is 2.31. The van der Waals surface area contributed by atoms with Crippen LogP contribution in [0.3, 0.4) is 0 Å². The van der Waals surface area contributed by atoms with E-state index in [-0.39, 0.29) is 6.04 Å². The molecule has 1 unspecified atom stereocenters. The summed E-state index contributed by atoms with van der Waals surface area (Å²) in [6, 6.07) is 9.96. The molecule has 6 heteroatoms. The smallest absolute Gasteiger partial charge is 0.153 e. The van der Waals surface area contributed by atoms with Gasteiger partial charge in [-0.25, -0.2) is 4.68 Å². The van der Waals surface area contributed by atoms with Crippen molar-refractivity contribution in [2.45, 2.75) is 12.5 Å². The highest BCUT2D eigenvalue weighted by Crippen LogP contribution is 2.23. The van der Waals surface area contributed by atoms with Crippen LogP contribution in [0.2, 0.25) is 0 Å². The summed E-state index contributed by atoms with van der Waals surface area (Å²) in [7, 11) is 3.81. The molecular weight excluding hydrogens is 308 g/mol. The number of rotatable bonds is 6. The maximum atomic E-state index is 5.71. The van der Waals surface area contributed by atoms with Gasteiger partial charge >= 0.3 is 0 Å². The maximum Gasteiger partial charge on any atom is 0.153 e. The molecule has 0 aliphatic carbocycles. The molecule has 1 N–H and O–H groups in total. The van der Waals surface area contributed by atoms with Gasteiger partial charge < -0.3 is 10.1 Å². The standard InChI is InChI=1S/C13H17BrN4O/c1-15-11(12-13(14)16-17-18(12)2)8-9-19-10-6-4-3-5-7-10/h3-7,11,15H,8-9H2,1-2H3. The second kappa shape index (κ2) is 6.68. The third-order valence-corrected chi connectivity index (χ3v) is 3.49. The van der Waals surface area contributed by atoms with E-state index >= 15 is 0 Å². The van der Waals surface area contributed by atoms with Gasteiger partial charge in [-0.15, -0.1) is 5.10 Å². The first-order chi connectivity index (χ1) is 9.22. The van der Waals surface area contributed by atoms with Crippen molar-refractivity contribution in [3.63, 3.8) is 0 Å². The Bertz CT molecular complexity index is 495. The molecule has 0 fully saturated rings. The Morgan fingerprint density at radius 2 is 2.11 bits per heavy atom. The number of halogens is 1. The molecule has 19 heavy (non-hydrogen) atoms. The molecule has 0 saturated heterocycles. The average molecular weight is 325 g/mol. The molecule has 0 saturated carbocycles. The first kappa shape index (κ1) is 14.0. The van der Waals surface area contributed by atoms with Crippen LogP contribution in [0.4, 0.5) is 0 Å². The van der Waals surface area contributed by atoms with E-state index in [0.717, 1.165) is 22.5 Å². The van der Waals surface area contributed by atoms with Crippen LogP contribution in [0.1, 0.15) is 18.2 Å². The lowest BCUT2D eigenvalue weighted by atomic mass is 10.1. The summed E-state index contributed by atoms with van der Waals surface area (Å²) in [5.74, 6) is 0.888. The van der Waals surface area contributed by atoms with E-state index in [2.05, 4.69) is 31.6 Å². The molecule has 0 radical (unpaired) electrons. The molecule has 1 atom stereocenters. The monoisotopic (exact) mass is 324 g/mol. The van der Waals surface area contributed by atoms with Crippen molar-refractivity contribution in [3.05, 3.63) is 40.6 Å². The number of para-hydroxylation sites is 1. The van der Waals surface area contributed by atoms with Crippen LogP contribution in [0.5, 0.6) is 5.75 Å². The Morgan fingerprint density at radius 1 is 1.37 bits per heavy atom. The Labute approximate surface area is 121 Å². The van der Waals surface area contributed by atoms with Crippen molar-refractivity contribution in [2.24, 2.45) is 7.05 Å². The number of ether oxygens (including phenoxy) is 1. The third kappa shape index (κ3) is 3.54. The first-order valence-corrected chi connectivity index (χ1v) is 6.92. The number of aryl methyl sites for hydroxylation is 1. The van der Waals surface area contributed by atoms with E-state index in [1.807, 2.05) is 44.4 Å². The topological polar surface area (TPSA) is 52.0 Å². The van der Waals surface area contributed by atoms with Crippen LogP contribution < -0.4 is 10.1 Å². The molecule has 102 valence electrons. The second-order valence-electron chi connectivity index (χ2n) is 4.18. The minimum Gasteiger partial charge on any atom is -0.494 e. The fraction of sp³-hybridized carbons (Fsp3) is 0.385. The van der Waals surface area contributed by atoms with Crippen LogP contribution >= 0.6 is 15.9 Å². The van der Waals surface area contributed by atoms with Crippen molar-refractivity contribution in [3.8, 4) is 5.75 Å². The predicted molar refractivity (Wildman–Crippen MR) is 77.1 cm³/mol. The van der Waals surface area contributed by atoms with Crippen molar-refractivity contribution >= 4 is 15.9 Å². The molecule has 1 aromatic carbocycles. The van der Waals surface area contributed by atoms with E-state index in [1.165, 1.54) is 0 Å². The number of hydrogen-bond acceptors (Lipinski definition) is 4. The lowest BCUT2D eigenvalue weighted by molar-refractivity contribution is 0.286. The lowest BCUT2D eigenvalue weighted by Crippen LogP contribution is -2.22. The van der Waals surface area contributed by atoms with E-state index < -0.39 is 0 Å². The largest absolute Gasteiger partial charge is 0.494 e. The number of hydrogen-bond donors (Lipinski definition) is 1. The van der Waals surface area contributed by atoms with Gasteiger partial charge in [0.15, 0.2) is 4.60 Å². The van der Waals surface area contributed by atoms with Gasteiger partial charge in [0.25, 0.3) is 0 Å². The second-order valence-corrected chi connectivity index (χ2v) is 4.93. The fourth-order valence-electron chi connectivity index (χ4n) is 1.94. The molecule has 0 spiro atoms. The molecule has 5 nitrogen and oxygen atoms in total. The molecule has 1 aromatic heterocycles. The summed E-state index contributed by atoms with van der Waals surface area (Å²) in [4.78, 5) is 0. The van der Waals surface area contributed by atoms with E-state index in [9.17, 15) is 0 Å². The first-order valence-electron chi connectivity index (χ1n) is 6.12. The van der Waals surface area contributed by atoms with Crippen molar-refractivity contribution in [1.29, 1.82) is 0 Å². The van der Waals surface area contributed by atoms with Crippen LogP contribution in [-0.2, 0) is 7.05 Å². The van der Waals surface area contributed by atoms with Gasteiger partial charge in [-0.05, 0) is 35.1 Å². The molecule has 2 rings (SSSR count). The minimum atomic E-state index is 0.151. The van der Waals surface area contributed by atoms with Crippen molar-refractivity contribution in [1.82, 2.24) is 20.3 Å². The third-order valence-electron chi connectivity index (χ3n) is 2.92. The summed E-state index contributed by atoms with van der Waals surface area (Å²) >= 11 is 3.42. The van der Waals surface area contributed by atoms with E-state index in [4.69, 9.17) is 4.74 Å². The highest BCUT2D eigenvalue weighted by molar-refractivity contribution is 9.10. The van der Waals surface area contributed by atoms with Crippen LogP contribution in [0.15, 0.2) is 34.9 Å². The average Bonchev–Trinajstić information content (AvgIpc) is 2.76. The quantitative estimate of drug-likeness (QED) is 0.885. The zero-order chi connectivity index (χ0) is 13.7. The number of nitrogens with zero attached hydrogens (tertiary/aromatic N) is 3. The van der Waals surface area contributed by atoms with Crippen molar-refractivity contribution in [2.75, 3.05) is 13.7 Å². The van der Waals surface area contributed by atoms with Gasteiger partial charge in [-0.1, -0.05) is 23.4 Å². The summed E-state index contributed by atoms with van der Waals surface area (Å²) in [6.07, 6.45) is 0.838. The number of aromatic nitrogens is 3. The maximum absolute atomic E-state index is 5.71. The number of benzene rings is 1. The molecule has 0 amide bonds. The van der Waals surface area contributed by atoms with Gasteiger partial charge in [0.2, 0.25) is 0 Å². The molecule has 2 aromatic rings. The zero-order valence-electron chi connectivity index (χ0n) is 11.0. The molecule has 0 bridgehead atoms. The zero-order valence-corrected chi connectivity index (χ0v) is 12.6. The Kier molecular flexibility index (Phi) is 4.93. The van der Waals surface area contributed by atoms with Crippen LogP contribution in [0.25, 0.3) is 0 Å². The van der Waals surface area contributed by atoms with Crippen molar-refractivity contribution < 1.29 is 4.74 Å². The Morgan fingerprint density at radius 3 is 2.68 bits per heavy atom. The van der Waals surface area contributed by atoms with Gasteiger partial charge in [0.05, 0.1) is 18.3 Å². The summed E-state index contributed by atoms with van der Waals surface area (Å²) in [5, 5.41) is 11.3. The van der Waals surface area contributed by atoms with Gasteiger partial charge in [-0.3, -0.25) is 0 Å². The fourth-order valence-corrected chi connectivity index (χ4v) is 2.54. The van der Waals surface area contributed by atoms with Gasteiger partial charge in [-0.2, -0.15) is 0 Å². The molecule has 1 heterocycles. The minimum absolute atomic E-state index is 0.151. The van der Waals surface area contributed by atoms with Gasteiger partial charge in [0.1, 0.15) is 5.75 Å². The summed E-state index contributed by atoms with van der Waals surface area (Å²) in [6.45, 7) is 0.632.